The third kappa shape index (κ3) is 17.7. The molecule has 2 heterocycles. The number of aromatic hydroxyl groups is 2. The first kappa shape index (κ1) is 71.2. The Morgan fingerprint density at radius 2 is 0.778 bits per heavy atom. The highest BCUT2D eigenvalue weighted by atomic mass is 32.2. The van der Waals surface area contributed by atoms with Crippen LogP contribution in [0.5, 0.6) is 11.5 Å². The minimum absolute atomic E-state index is 0.0277. The molecule has 34 nitrogen and oxygen atoms in total. The highest BCUT2D eigenvalue weighted by Crippen LogP contribution is 2.46. The molecule has 7 aromatic carbocycles. The number of nitrogens with one attached hydrogen (secondary N) is 6. The number of aryl methyl sites for hydroxylation is 2. The number of hydrogen-bond acceptors (Lipinski definition) is 27. The second kappa shape index (κ2) is 30.3. The number of nitrogens with zero attached hydrogens (tertiary/aromatic N) is 10. The van der Waals surface area contributed by atoms with Gasteiger partial charge in [-0.15, -0.1) is 10.2 Å². The molecule has 0 amide bonds. The SMILES string of the molecule is CCCCCCNc1nc(Nc2ccc(Nc3nc(NCCCCCC)nc(Nc4cc(S(=O)(=O)O)cc5cc(C)c(N=Nc6cc(C(=O)O)cc(C(=O)O)c6)c(O)c45)n3)c(C(=O)O)c2)nc(Nc2cc(S(=O)(=O)O)cc3cc(C)c(N=Nc4cc(C(=O)O)cc(C(=O)O)c4)c(O)c23)n1. The topological polar surface area (TPSA) is 535 Å². The number of aromatic nitrogens is 6. The molecule has 0 aliphatic heterocycles. The van der Waals surface area contributed by atoms with Gasteiger partial charge in [0.25, 0.3) is 20.2 Å². The summed E-state index contributed by atoms with van der Waals surface area (Å²) in [5.41, 5.74) is -3.03. The summed E-state index contributed by atoms with van der Waals surface area (Å²) in [4.78, 5) is 86.2. The van der Waals surface area contributed by atoms with Crippen molar-refractivity contribution in [2.45, 2.75) is 88.9 Å². The molecule has 0 atom stereocenters. The molecule has 514 valence electrons. The van der Waals surface area contributed by atoms with E-state index in [1.54, 1.807) is 0 Å². The number of aromatic carboxylic acids is 5. The van der Waals surface area contributed by atoms with Gasteiger partial charge in [-0.1, -0.05) is 52.4 Å². The van der Waals surface area contributed by atoms with E-state index in [1.807, 2.05) is 13.8 Å². The van der Waals surface area contributed by atoms with Crippen molar-refractivity contribution in [2.24, 2.45) is 20.5 Å². The largest absolute Gasteiger partial charge is 0.505 e. The van der Waals surface area contributed by atoms with Crippen LogP contribution in [-0.2, 0) is 20.2 Å². The second-order valence-corrected chi connectivity index (χ2v) is 25.0. The summed E-state index contributed by atoms with van der Waals surface area (Å²) in [5, 5.41) is 107. The van der Waals surface area contributed by atoms with Crippen molar-refractivity contribution >= 4 is 153 Å². The Balaban J connectivity index is 1.08. The molecule has 9 aromatic rings. The second-order valence-electron chi connectivity index (χ2n) is 22.2. The lowest BCUT2D eigenvalue weighted by molar-refractivity contribution is 0.0676. The number of phenolic OH excluding ortho intramolecular Hbond substituents is 2. The van der Waals surface area contributed by atoms with Crippen LogP contribution in [-0.4, -0.2) is 135 Å². The summed E-state index contributed by atoms with van der Waals surface area (Å²) < 4.78 is 71.7. The molecule has 0 fully saturated rings. The van der Waals surface area contributed by atoms with Gasteiger partial charge in [-0.3, -0.25) is 9.11 Å². The fraction of sp³-hybridized carbons (Fsp3) is 0.222. The van der Waals surface area contributed by atoms with Crippen LogP contribution in [0, 0.1) is 13.8 Å². The number of carboxylic acids is 5. The molecular weight excluding hydrogens is 1330 g/mol. The summed E-state index contributed by atoms with van der Waals surface area (Å²) in [7, 11) is -9.91. The predicted octanol–water partition coefficient (Wildman–Crippen LogP) is 13.2. The van der Waals surface area contributed by atoms with E-state index >= 15 is 0 Å². The number of fused-ring (bicyclic) bond motifs is 2. The smallest absolute Gasteiger partial charge is 0.337 e. The summed E-state index contributed by atoms with van der Waals surface area (Å²) >= 11 is 0. The average Bonchev–Trinajstić information content (AvgIpc) is 0.766. The molecule has 0 unspecified atom stereocenters. The lowest BCUT2D eigenvalue weighted by Crippen LogP contribution is -2.12. The number of benzene rings is 7. The third-order valence-electron chi connectivity index (χ3n) is 14.8. The van der Waals surface area contributed by atoms with Crippen molar-refractivity contribution in [3.63, 3.8) is 0 Å². The molecule has 0 saturated carbocycles. The number of hydrogen-bond donors (Lipinski definition) is 15. The van der Waals surface area contributed by atoms with Crippen LogP contribution in [0.2, 0.25) is 0 Å². The van der Waals surface area contributed by atoms with E-state index in [4.69, 9.17) is 0 Å². The molecule has 0 aliphatic rings. The van der Waals surface area contributed by atoms with Gasteiger partial charge in [-0.05, 0) is 140 Å². The zero-order valence-corrected chi connectivity index (χ0v) is 54.4. The Morgan fingerprint density at radius 3 is 1.13 bits per heavy atom. The normalized spacial score (nSPS) is 11.7. The Kier molecular flexibility index (Phi) is 21.8. The molecule has 99 heavy (non-hydrogen) atoms. The van der Waals surface area contributed by atoms with E-state index in [9.17, 15) is 85.7 Å². The van der Waals surface area contributed by atoms with Gasteiger partial charge in [0, 0.05) is 29.5 Å². The van der Waals surface area contributed by atoms with Crippen LogP contribution < -0.4 is 31.9 Å². The molecule has 15 N–H and O–H groups in total. The Labute approximate surface area is 561 Å². The fourth-order valence-corrected chi connectivity index (χ4v) is 11.2. The van der Waals surface area contributed by atoms with E-state index in [2.05, 4.69) is 82.3 Å². The third-order valence-corrected chi connectivity index (χ3v) is 16.5. The summed E-state index contributed by atoms with van der Waals surface area (Å²) in [5.74, 6) is -9.78. The van der Waals surface area contributed by atoms with Gasteiger partial charge >= 0.3 is 29.8 Å². The lowest BCUT2D eigenvalue weighted by Gasteiger charge is -2.16. The van der Waals surface area contributed by atoms with Gasteiger partial charge in [0.15, 0.2) is 11.5 Å². The van der Waals surface area contributed by atoms with E-state index in [1.165, 1.54) is 44.2 Å². The number of carbonyl (C=O) groups is 5. The Morgan fingerprint density at radius 1 is 0.414 bits per heavy atom. The van der Waals surface area contributed by atoms with Crippen molar-refractivity contribution in [2.75, 3.05) is 45.0 Å². The number of rotatable bonds is 31. The highest BCUT2D eigenvalue weighted by molar-refractivity contribution is 7.86. The van der Waals surface area contributed by atoms with E-state index in [0.29, 0.717) is 25.9 Å². The van der Waals surface area contributed by atoms with Gasteiger partial charge < -0.3 is 67.6 Å². The van der Waals surface area contributed by atoms with Crippen molar-refractivity contribution in [1.82, 2.24) is 29.9 Å². The molecule has 0 radical (unpaired) electrons. The maximum Gasteiger partial charge on any atom is 0.337 e. The first-order valence-electron chi connectivity index (χ1n) is 30.0. The molecule has 9 rings (SSSR count). The van der Waals surface area contributed by atoms with Crippen LogP contribution in [0.3, 0.4) is 0 Å². The Bertz CT molecular complexity index is 4980. The fourth-order valence-electron chi connectivity index (χ4n) is 10.1. The molecule has 0 spiro atoms. The number of phenols is 2. The maximum atomic E-state index is 13.2. The molecular formula is C63H62N16O18S2. The van der Waals surface area contributed by atoms with Crippen LogP contribution >= 0.6 is 0 Å². The maximum absolute atomic E-state index is 13.2. The van der Waals surface area contributed by atoms with Gasteiger partial charge in [0.1, 0.15) is 11.4 Å². The lowest BCUT2D eigenvalue weighted by atomic mass is 10.0. The molecule has 36 heteroatoms. The number of unbranched alkanes of at least 4 members (excludes halogenated alkanes) is 6. The quantitative estimate of drug-likeness (QED) is 0.0109. The van der Waals surface area contributed by atoms with Crippen molar-refractivity contribution < 1.29 is 85.7 Å². The van der Waals surface area contributed by atoms with Crippen molar-refractivity contribution in [3.05, 3.63) is 130 Å². The average molecular weight is 1400 g/mol. The number of carboxylic acid groups (broad SMARTS) is 5. The first-order chi connectivity index (χ1) is 47.0. The monoisotopic (exact) mass is 1390 g/mol. The highest BCUT2D eigenvalue weighted by Gasteiger charge is 2.25. The zero-order chi connectivity index (χ0) is 71.6. The van der Waals surface area contributed by atoms with Crippen molar-refractivity contribution in [3.8, 4) is 11.5 Å². The van der Waals surface area contributed by atoms with Crippen LogP contribution in [0.25, 0.3) is 21.5 Å². The minimum Gasteiger partial charge on any atom is -0.505 e. The zero-order valence-electron chi connectivity index (χ0n) is 52.7. The predicted molar refractivity (Wildman–Crippen MR) is 361 cm³/mol. The van der Waals surface area contributed by atoms with Gasteiger partial charge in [-0.25, -0.2) is 24.0 Å². The minimum atomic E-state index is -4.96. The first-order valence-corrected chi connectivity index (χ1v) is 32.9. The van der Waals surface area contributed by atoms with Crippen LogP contribution in [0.15, 0.2) is 121 Å². The van der Waals surface area contributed by atoms with Gasteiger partial charge in [-0.2, -0.15) is 57.0 Å². The van der Waals surface area contributed by atoms with Crippen LogP contribution in [0.4, 0.5) is 81.2 Å². The summed E-state index contributed by atoms with van der Waals surface area (Å²) in [6.45, 7) is 7.71. The molecule has 2 aromatic heterocycles. The number of anilines is 10. The van der Waals surface area contributed by atoms with Crippen LogP contribution in [0.1, 0.15) is 128 Å². The summed E-state index contributed by atoms with van der Waals surface area (Å²) in [6, 6.07) is 16.9. The van der Waals surface area contributed by atoms with Gasteiger partial charge in [0.2, 0.25) is 35.7 Å². The number of azo groups is 2. The van der Waals surface area contributed by atoms with Gasteiger partial charge in [0.05, 0.1) is 66.0 Å². The van der Waals surface area contributed by atoms with E-state index in [-0.39, 0.29) is 114 Å². The Hall–Kier alpha value is -12.2. The standard InChI is InChI=1S/C63H62N16O18S2/c1-5-7-9-11-15-64-58-70-60(74-62(72-58)68-45-28-41(98(92,93)94)25-32-17-30(3)49(51(80)47(32)45)78-76-39-21-34(53(82)83)19-35(22-39)54(84)85)66-38-13-14-44(43(27-38)57(90)91)67-61-71-59(65-16-12-10-8-6-2)73-63(75-61)69-46-29-42(99(95,96)97)26-33-18-31(4)50(52(81)48(33)46)79-77-40-23-36(55(86)87)20-37(24-40)56(88)89/h13-14,17-29,80-81H,5-12,15-16H2,1-4H3,(H,82,83)(H,84,85)(H,86,87)(H,88,89)(H,90,91)(H,92,93,94)(H,95,96,97)(H3,64,66,68,70,72,74)(H3,65,67,69,71,73,75). The van der Waals surface area contributed by atoms with E-state index < -0.39 is 99.2 Å². The molecule has 0 saturated heterocycles. The summed E-state index contributed by atoms with van der Waals surface area (Å²) in [6.07, 6.45) is 6.68. The molecule has 0 aliphatic carbocycles. The van der Waals surface area contributed by atoms with Crippen molar-refractivity contribution in [1.29, 1.82) is 0 Å². The van der Waals surface area contributed by atoms with E-state index in [0.717, 1.165) is 99.2 Å². The molecule has 0 bridgehead atoms.